The van der Waals surface area contributed by atoms with Gasteiger partial charge >= 0.3 is 0 Å². The molecular weight excluding hydrogens is 252 g/mol. The Kier molecular flexibility index (Phi) is 5.14. The summed E-state index contributed by atoms with van der Waals surface area (Å²) >= 11 is 0. The summed E-state index contributed by atoms with van der Waals surface area (Å²) in [5.74, 6) is 6.41. The first-order valence-corrected chi connectivity index (χ1v) is 7.08. The molecule has 0 aliphatic carbocycles. The van der Waals surface area contributed by atoms with Crippen LogP contribution in [0.25, 0.3) is 0 Å². The van der Waals surface area contributed by atoms with Crippen LogP contribution in [-0.2, 0) is 0 Å². The Balaban J connectivity index is 2.07. The number of hydrogen-bond donors (Lipinski definition) is 1. The molecule has 0 bridgehead atoms. The maximum absolute atomic E-state index is 12.4. The second-order valence-corrected chi connectivity index (χ2v) is 5.05. The molecule has 0 radical (unpaired) electrons. The normalized spacial score (nSPS) is 17.7. The van der Waals surface area contributed by atoms with Gasteiger partial charge in [-0.25, -0.2) is 0 Å². The first kappa shape index (κ1) is 14.5. The van der Waals surface area contributed by atoms with Gasteiger partial charge in [0.15, 0.2) is 0 Å². The highest BCUT2D eigenvalue weighted by molar-refractivity contribution is 5.94. The van der Waals surface area contributed by atoms with Gasteiger partial charge in [-0.15, -0.1) is 0 Å². The molecule has 1 atom stereocenters. The van der Waals surface area contributed by atoms with Crippen LogP contribution in [0, 0.1) is 17.8 Å². The van der Waals surface area contributed by atoms with E-state index < -0.39 is 0 Å². The highest BCUT2D eigenvalue weighted by Gasteiger charge is 2.25. The van der Waals surface area contributed by atoms with Gasteiger partial charge in [-0.2, -0.15) is 0 Å². The number of nitrogens with zero attached hydrogens (tertiary/aromatic N) is 2. The predicted molar refractivity (Wildman–Crippen MR) is 77.1 cm³/mol. The summed E-state index contributed by atoms with van der Waals surface area (Å²) in [5, 5.41) is 8.70. The number of hydrogen-bond acceptors (Lipinski definition) is 3. The summed E-state index contributed by atoms with van der Waals surface area (Å²) in [7, 11) is 0. The summed E-state index contributed by atoms with van der Waals surface area (Å²) < 4.78 is 0. The second-order valence-electron chi connectivity index (χ2n) is 5.05. The van der Waals surface area contributed by atoms with E-state index in [4.69, 9.17) is 5.11 Å². The SMILES string of the molecule is CCC1CCN(C(=O)c2cncc(C#CCCO)c2)C1. The summed E-state index contributed by atoms with van der Waals surface area (Å²) in [6, 6.07) is 1.78. The molecule has 2 heterocycles. The Bertz CT molecular complexity index is 531. The third-order valence-electron chi connectivity index (χ3n) is 3.61. The van der Waals surface area contributed by atoms with Gasteiger partial charge in [0.1, 0.15) is 0 Å². The van der Waals surface area contributed by atoms with E-state index in [9.17, 15) is 4.79 Å². The molecule has 2 rings (SSSR count). The van der Waals surface area contributed by atoms with E-state index in [0.717, 1.165) is 31.5 Å². The van der Waals surface area contributed by atoms with E-state index in [1.807, 2.05) is 4.90 Å². The first-order chi connectivity index (χ1) is 9.74. The Labute approximate surface area is 119 Å². The first-order valence-electron chi connectivity index (χ1n) is 7.08. The fourth-order valence-electron chi connectivity index (χ4n) is 2.38. The average molecular weight is 272 g/mol. The highest BCUT2D eigenvalue weighted by atomic mass is 16.2. The van der Waals surface area contributed by atoms with Crippen molar-refractivity contribution in [1.29, 1.82) is 0 Å². The monoisotopic (exact) mass is 272 g/mol. The van der Waals surface area contributed by atoms with Crippen LogP contribution in [0.4, 0.5) is 0 Å². The maximum atomic E-state index is 12.4. The quantitative estimate of drug-likeness (QED) is 0.852. The van der Waals surface area contributed by atoms with E-state index in [0.29, 0.717) is 17.9 Å². The molecule has 4 nitrogen and oxygen atoms in total. The molecular formula is C16H20N2O2. The van der Waals surface area contributed by atoms with Crippen molar-refractivity contribution >= 4 is 5.91 Å². The van der Waals surface area contributed by atoms with Gasteiger partial charge in [-0.1, -0.05) is 25.2 Å². The van der Waals surface area contributed by atoms with Gasteiger partial charge in [0.05, 0.1) is 12.2 Å². The molecule has 1 aliphatic rings. The minimum atomic E-state index is 0.0410. The van der Waals surface area contributed by atoms with Crippen LogP contribution in [-0.4, -0.2) is 40.6 Å². The van der Waals surface area contributed by atoms with E-state index in [-0.39, 0.29) is 12.5 Å². The number of carbonyl (C=O) groups is 1. The van der Waals surface area contributed by atoms with E-state index in [1.165, 1.54) is 0 Å². The second kappa shape index (κ2) is 7.06. The van der Waals surface area contributed by atoms with Crippen molar-refractivity contribution in [1.82, 2.24) is 9.88 Å². The van der Waals surface area contributed by atoms with Gasteiger partial charge in [0.2, 0.25) is 0 Å². The molecule has 1 fully saturated rings. The molecule has 1 aromatic rings. The van der Waals surface area contributed by atoms with E-state index in [2.05, 4.69) is 23.7 Å². The number of aromatic nitrogens is 1. The Hall–Kier alpha value is -1.86. The number of amides is 1. The smallest absolute Gasteiger partial charge is 0.255 e. The molecule has 0 spiro atoms. The molecule has 1 aliphatic heterocycles. The molecule has 1 saturated heterocycles. The van der Waals surface area contributed by atoms with Crippen molar-refractivity contribution in [3.8, 4) is 11.8 Å². The number of likely N-dealkylation sites (tertiary alicyclic amines) is 1. The number of pyridine rings is 1. The highest BCUT2D eigenvalue weighted by Crippen LogP contribution is 2.21. The summed E-state index contributed by atoms with van der Waals surface area (Å²) in [5.41, 5.74) is 1.31. The molecule has 1 aromatic heterocycles. The van der Waals surface area contributed by atoms with Gasteiger partial charge < -0.3 is 10.0 Å². The lowest BCUT2D eigenvalue weighted by atomic mass is 10.1. The third kappa shape index (κ3) is 3.58. The average Bonchev–Trinajstić information content (AvgIpc) is 2.96. The Morgan fingerprint density at radius 3 is 3.10 bits per heavy atom. The Morgan fingerprint density at radius 2 is 2.40 bits per heavy atom. The fraction of sp³-hybridized carbons (Fsp3) is 0.500. The van der Waals surface area contributed by atoms with Crippen molar-refractivity contribution in [3.63, 3.8) is 0 Å². The molecule has 1 amide bonds. The molecule has 106 valence electrons. The largest absolute Gasteiger partial charge is 0.395 e. The lowest BCUT2D eigenvalue weighted by molar-refractivity contribution is 0.0786. The van der Waals surface area contributed by atoms with Crippen molar-refractivity contribution in [3.05, 3.63) is 29.6 Å². The van der Waals surface area contributed by atoms with Gasteiger partial charge in [0, 0.05) is 37.5 Å². The van der Waals surface area contributed by atoms with Crippen molar-refractivity contribution in [2.24, 2.45) is 5.92 Å². The summed E-state index contributed by atoms with van der Waals surface area (Å²) in [4.78, 5) is 18.4. The van der Waals surface area contributed by atoms with Crippen LogP contribution in [0.5, 0.6) is 0 Å². The third-order valence-corrected chi connectivity index (χ3v) is 3.61. The molecule has 0 aromatic carbocycles. The predicted octanol–water partition coefficient (Wildman–Crippen LogP) is 1.69. The minimum Gasteiger partial charge on any atom is -0.395 e. The summed E-state index contributed by atoms with van der Waals surface area (Å²) in [6.45, 7) is 3.89. The lowest BCUT2D eigenvalue weighted by Crippen LogP contribution is -2.28. The van der Waals surface area contributed by atoms with Crippen LogP contribution in [0.15, 0.2) is 18.5 Å². The topological polar surface area (TPSA) is 53.4 Å². The molecule has 0 saturated carbocycles. The zero-order valence-electron chi connectivity index (χ0n) is 11.8. The van der Waals surface area contributed by atoms with Gasteiger partial charge in [0.25, 0.3) is 5.91 Å². The van der Waals surface area contributed by atoms with Gasteiger partial charge in [-0.3, -0.25) is 9.78 Å². The Morgan fingerprint density at radius 1 is 1.55 bits per heavy atom. The fourth-order valence-corrected chi connectivity index (χ4v) is 2.38. The van der Waals surface area contributed by atoms with E-state index in [1.54, 1.807) is 18.5 Å². The zero-order chi connectivity index (χ0) is 14.4. The van der Waals surface area contributed by atoms with Crippen molar-refractivity contribution in [2.75, 3.05) is 19.7 Å². The number of carbonyl (C=O) groups excluding carboxylic acids is 1. The molecule has 4 heteroatoms. The van der Waals surface area contributed by atoms with Crippen LogP contribution < -0.4 is 0 Å². The number of rotatable bonds is 3. The lowest BCUT2D eigenvalue weighted by Gasteiger charge is -2.16. The molecule has 20 heavy (non-hydrogen) atoms. The van der Waals surface area contributed by atoms with Crippen molar-refractivity contribution in [2.45, 2.75) is 26.2 Å². The minimum absolute atomic E-state index is 0.0410. The standard InChI is InChI=1S/C16H20N2O2/c1-2-13-6-7-18(12-13)16(20)15-9-14(10-17-11-15)5-3-4-8-19/h9-11,13,19H,2,4,6-8,12H2,1H3. The van der Waals surface area contributed by atoms with Gasteiger partial charge in [-0.05, 0) is 18.4 Å². The van der Waals surface area contributed by atoms with Crippen LogP contribution in [0.1, 0.15) is 42.1 Å². The van der Waals surface area contributed by atoms with Crippen LogP contribution in [0.2, 0.25) is 0 Å². The number of aliphatic hydroxyl groups is 1. The maximum Gasteiger partial charge on any atom is 0.255 e. The van der Waals surface area contributed by atoms with E-state index >= 15 is 0 Å². The zero-order valence-corrected chi connectivity index (χ0v) is 11.8. The van der Waals surface area contributed by atoms with Crippen molar-refractivity contribution < 1.29 is 9.90 Å². The summed E-state index contributed by atoms with van der Waals surface area (Å²) in [6.07, 6.45) is 5.88. The molecule has 1 unspecified atom stereocenters. The van der Waals surface area contributed by atoms with Crippen LogP contribution >= 0.6 is 0 Å². The molecule has 1 N–H and O–H groups in total. The van der Waals surface area contributed by atoms with Crippen LogP contribution in [0.3, 0.4) is 0 Å². The number of aliphatic hydroxyl groups excluding tert-OH is 1.